The first-order valence-electron chi connectivity index (χ1n) is 10.2. The summed E-state index contributed by atoms with van der Waals surface area (Å²) in [5.74, 6) is 1.83. The van der Waals surface area contributed by atoms with Gasteiger partial charge in [-0.3, -0.25) is 0 Å². The Morgan fingerprint density at radius 3 is 2.82 bits per heavy atom. The number of hydrogen-bond acceptors (Lipinski definition) is 4. The number of aromatic nitrogens is 1. The Morgan fingerprint density at radius 1 is 1.21 bits per heavy atom. The van der Waals surface area contributed by atoms with Crippen LogP contribution in [0.25, 0.3) is 0 Å². The van der Waals surface area contributed by atoms with Gasteiger partial charge in [-0.25, -0.2) is 14.2 Å². The SMILES string of the molecule is O=C(NCc1cnc(C2CC2)o1)N1CCC(N2CCc3cc(F)ccc32)CC1. The molecule has 148 valence electrons. The average Bonchev–Trinajstić information content (AvgIpc) is 3.31. The fourth-order valence-corrected chi connectivity index (χ4v) is 4.35. The van der Waals surface area contributed by atoms with Crippen LogP contribution >= 0.6 is 0 Å². The molecular weight excluding hydrogens is 359 g/mol. The van der Waals surface area contributed by atoms with Crippen molar-refractivity contribution in [3.8, 4) is 0 Å². The predicted molar refractivity (Wildman–Crippen MR) is 103 cm³/mol. The maximum atomic E-state index is 13.4. The van der Waals surface area contributed by atoms with Gasteiger partial charge in [-0.2, -0.15) is 0 Å². The summed E-state index contributed by atoms with van der Waals surface area (Å²) in [5.41, 5.74) is 2.25. The van der Waals surface area contributed by atoms with Gasteiger partial charge in [-0.1, -0.05) is 0 Å². The second-order valence-electron chi connectivity index (χ2n) is 8.03. The van der Waals surface area contributed by atoms with Crippen molar-refractivity contribution in [2.75, 3.05) is 24.5 Å². The zero-order chi connectivity index (χ0) is 19.1. The molecule has 1 saturated carbocycles. The van der Waals surface area contributed by atoms with Gasteiger partial charge in [0.05, 0.1) is 12.7 Å². The normalized spacial score (nSPS) is 19.8. The standard InChI is InChI=1S/C21H25FN4O2/c22-16-3-4-19-15(11-16)5-10-26(19)17-6-8-25(9-7-17)21(27)24-13-18-12-23-20(28-18)14-1-2-14/h3-4,11-12,14,17H,1-2,5-10,13H2,(H,24,27). The van der Waals surface area contributed by atoms with Gasteiger partial charge >= 0.3 is 6.03 Å². The third-order valence-corrected chi connectivity index (χ3v) is 6.08. The van der Waals surface area contributed by atoms with Gasteiger partial charge < -0.3 is 19.5 Å². The molecule has 3 heterocycles. The summed E-state index contributed by atoms with van der Waals surface area (Å²) in [6, 6.07) is 5.44. The molecule has 28 heavy (non-hydrogen) atoms. The zero-order valence-electron chi connectivity index (χ0n) is 15.9. The molecule has 1 aliphatic carbocycles. The van der Waals surface area contributed by atoms with E-state index in [0.717, 1.165) is 68.9 Å². The van der Waals surface area contributed by atoms with E-state index in [1.165, 1.54) is 6.07 Å². The third-order valence-electron chi connectivity index (χ3n) is 6.08. The van der Waals surface area contributed by atoms with Crippen LogP contribution in [0, 0.1) is 5.82 Å². The molecule has 2 fully saturated rings. The lowest BCUT2D eigenvalue weighted by Crippen LogP contribution is -2.49. The van der Waals surface area contributed by atoms with Crippen LogP contribution in [0.2, 0.25) is 0 Å². The van der Waals surface area contributed by atoms with E-state index in [9.17, 15) is 9.18 Å². The van der Waals surface area contributed by atoms with Gasteiger partial charge in [0.25, 0.3) is 0 Å². The molecule has 2 aromatic rings. The number of likely N-dealkylation sites (tertiary alicyclic amines) is 1. The van der Waals surface area contributed by atoms with E-state index in [1.54, 1.807) is 12.3 Å². The average molecular weight is 384 g/mol. The minimum atomic E-state index is -0.164. The summed E-state index contributed by atoms with van der Waals surface area (Å²) in [6.45, 7) is 2.77. The lowest BCUT2D eigenvalue weighted by molar-refractivity contribution is 0.179. The summed E-state index contributed by atoms with van der Waals surface area (Å²) < 4.78 is 19.1. The van der Waals surface area contributed by atoms with Crippen molar-refractivity contribution in [1.29, 1.82) is 0 Å². The first-order valence-corrected chi connectivity index (χ1v) is 10.2. The first kappa shape index (κ1) is 17.5. The predicted octanol–water partition coefficient (Wildman–Crippen LogP) is 3.43. The van der Waals surface area contributed by atoms with Gasteiger partial charge in [0.15, 0.2) is 5.89 Å². The van der Waals surface area contributed by atoms with E-state index in [1.807, 2.05) is 11.0 Å². The van der Waals surface area contributed by atoms with Gasteiger partial charge in [0.1, 0.15) is 11.6 Å². The van der Waals surface area contributed by atoms with Crippen LogP contribution in [0.3, 0.4) is 0 Å². The summed E-state index contributed by atoms with van der Waals surface area (Å²) >= 11 is 0. The number of hydrogen-bond donors (Lipinski definition) is 1. The van der Waals surface area contributed by atoms with Crippen LogP contribution in [0.5, 0.6) is 0 Å². The minimum absolute atomic E-state index is 0.0493. The highest BCUT2D eigenvalue weighted by molar-refractivity contribution is 5.74. The molecule has 0 radical (unpaired) electrons. The van der Waals surface area contributed by atoms with E-state index in [2.05, 4.69) is 15.2 Å². The molecule has 1 N–H and O–H groups in total. The smallest absolute Gasteiger partial charge is 0.317 e. The molecule has 1 saturated heterocycles. The zero-order valence-corrected chi connectivity index (χ0v) is 15.9. The number of nitrogens with one attached hydrogen (secondary N) is 1. The highest BCUT2D eigenvalue weighted by Gasteiger charge is 2.31. The second-order valence-corrected chi connectivity index (χ2v) is 8.03. The Hall–Kier alpha value is -2.57. The number of anilines is 1. The maximum absolute atomic E-state index is 13.4. The van der Waals surface area contributed by atoms with E-state index in [4.69, 9.17) is 4.42 Å². The van der Waals surface area contributed by atoms with Crippen LogP contribution in [0.1, 0.15) is 48.8 Å². The largest absolute Gasteiger partial charge is 0.444 e. The maximum Gasteiger partial charge on any atom is 0.317 e. The number of halogens is 1. The summed E-state index contributed by atoms with van der Waals surface area (Å²) in [7, 11) is 0. The Bertz CT molecular complexity index is 871. The Labute approximate surface area is 163 Å². The van der Waals surface area contributed by atoms with Crippen LogP contribution in [-0.4, -0.2) is 41.6 Å². The molecule has 0 atom stereocenters. The number of amides is 2. The van der Waals surface area contributed by atoms with E-state index >= 15 is 0 Å². The van der Waals surface area contributed by atoms with Gasteiger partial charge in [0.2, 0.25) is 0 Å². The summed E-state index contributed by atoms with van der Waals surface area (Å²) in [4.78, 5) is 21.0. The van der Waals surface area contributed by atoms with Gasteiger partial charge in [-0.05, 0) is 55.9 Å². The molecule has 3 aliphatic rings. The highest BCUT2D eigenvalue weighted by Crippen LogP contribution is 2.39. The van der Waals surface area contributed by atoms with E-state index < -0.39 is 0 Å². The summed E-state index contributed by atoms with van der Waals surface area (Å²) in [6.07, 6.45) is 6.77. The Balaban J connectivity index is 1.12. The van der Waals surface area contributed by atoms with Crippen molar-refractivity contribution in [3.05, 3.63) is 47.4 Å². The van der Waals surface area contributed by atoms with Crippen molar-refractivity contribution in [2.45, 2.75) is 50.6 Å². The molecule has 1 aromatic carbocycles. The monoisotopic (exact) mass is 384 g/mol. The van der Waals surface area contributed by atoms with Crippen molar-refractivity contribution >= 4 is 11.7 Å². The number of urea groups is 1. The topological polar surface area (TPSA) is 61.6 Å². The fraction of sp³-hybridized carbons (Fsp3) is 0.524. The van der Waals surface area contributed by atoms with Crippen LogP contribution in [0.15, 0.2) is 28.8 Å². The fourth-order valence-electron chi connectivity index (χ4n) is 4.35. The molecule has 6 nitrogen and oxygen atoms in total. The quantitative estimate of drug-likeness (QED) is 0.877. The van der Waals surface area contributed by atoms with Crippen molar-refractivity contribution in [2.24, 2.45) is 0 Å². The van der Waals surface area contributed by atoms with E-state index in [-0.39, 0.29) is 11.8 Å². The number of nitrogens with zero attached hydrogens (tertiary/aromatic N) is 3. The molecule has 0 bridgehead atoms. The van der Waals surface area contributed by atoms with Crippen LogP contribution < -0.4 is 10.2 Å². The van der Waals surface area contributed by atoms with Crippen molar-refractivity contribution in [1.82, 2.24) is 15.2 Å². The number of oxazole rings is 1. The third kappa shape index (κ3) is 3.45. The first-order chi connectivity index (χ1) is 13.7. The number of fused-ring (bicyclic) bond motifs is 1. The lowest BCUT2D eigenvalue weighted by atomic mass is 10.0. The minimum Gasteiger partial charge on any atom is -0.444 e. The Kier molecular flexibility index (Phi) is 4.45. The molecule has 2 amide bonds. The molecule has 0 unspecified atom stereocenters. The molecule has 0 spiro atoms. The van der Waals surface area contributed by atoms with Crippen LogP contribution in [0.4, 0.5) is 14.9 Å². The number of rotatable bonds is 4. The molecular formula is C21H25FN4O2. The lowest BCUT2D eigenvalue weighted by Gasteiger charge is -2.38. The number of piperidine rings is 1. The second kappa shape index (κ2) is 7.11. The molecule has 5 rings (SSSR count). The molecule has 7 heteroatoms. The van der Waals surface area contributed by atoms with Gasteiger partial charge in [0, 0.05) is 37.3 Å². The highest BCUT2D eigenvalue weighted by atomic mass is 19.1. The molecule has 2 aliphatic heterocycles. The number of benzene rings is 1. The molecule has 1 aromatic heterocycles. The van der Waals surface area contributed by atoms with Crippen LogP contribution in [-0.2, 0) is 13.0 Å². The number of carbonyl (C=O) groups is 1. The summed E-state index contributed by atoms with van der Waals surface area (Å²) in [5, 5.41) is 2.95. The number of carbonyl (C=O) groups excluding carboxylic acids is 1. The van der Waals surface area contributed by atoms with Crippen molar-refractivity contribution in [3.63, 3.8) is 0 Å². The van der Waals surface area contributed by atoms with E-state index in [0.29, 0.717) is 24.3 Å². The van der Waals surface area contributed by atoms with Gasteiger partial charge in [-0.15, -0.1) is 0 Å². The Morgan fingerprint density at radius 2 is 2.04 bits per heavy atom. The van der Waals surface area contributed by atoms with Crippen molar-refractivity contribution < 1.29 is 13.6 Å².